The van der Waals surface area contributed by atoms with Gasteiger partial charge in [0, 0.05) is 18.6 Å². The summed E-state index contributed by atoms with van der Waals surface area (Å²) in [6.07, 6.45) is 9.28. The summed E-state index contributed by atoms with van der Waals surface area (Å²) in [6, 6.07) is 0. The van der Waals surface area contributed by atoms with E-state index in [2.05, 4.69) is 17.7 Å². The first-order chi connectivity index (χ1) is 8.15. The third-order valence-corrected chi connectivity index (χ3v) is 4.33. The van der Waals surface area contributed by atoms with E-state index in [1.807, 2.05) is 30.8 Å². The molecule has 0 amide bonds. The van der Waals surface area contributed by atoms with Gasteiger partial charge in [0.25, 0.3) is 0 Å². The van der Waals surface area contributed by atoms with Crippen molar-refractivity contribution in [2.45, 2.75) is 39.2 Å². The van der Waals surface area contributed by atoms with Crippen LogP contribution in [0.2, 0.25) is 0 Å². The van der Waals surface area contributed by atoms with Crippen molar-refractivity contribution in [2.75, 3.05) is 19.3 Å². The van der Waals surface area contributed by atoms with Crippen molar-refractivity contribution in [3.63, 3.8) is 0 Å². The minimum Gasteiger partial charge on any atom is -0.389 e. The summed E-state index contributed by atoms with van der Waals surface area (Å²) in [5.41, 5.74) is 1.000. The molecule has 1 N–H and O–H groups in total. The van der Waals surface area contributed by atoms with Crippen molar-refractivity contribution in [2.24, 2.45) is 0 Å². The molecule has 1 heterocycles. The number of nitrogens with zero attached hydrogens (tertiary/aromatic N) is 1. The zero-order chi connectivity index (χ0) is 12.7. The van der Waals surface area contributed by atoms with Gasteiger partial charge in [-0.25, -0.2) is 4.58 Å². The molecule has 0 radical (unpaired) electrons. The lowest BCUT2D eigenvalue weighted by molar-refractivity contribution is -0.496. The quantitative estimate of drug-likeness (QED) is 0.602. The van der Waals surface area contributed by atoms with Gasteiger partial charge in [-0.15, -0.1) is 0 Å². The zero-order valence-corrected chi connectivity index (χ0v) is 12.0. The van der Waals surface area contributed by atoms with E-state index in [9.17, 15) is 5.11 Å². The number of hydrogen-bond donors (Lipinski definition) is 1. The number of aliphatic hydroxyl groups excluding tert-OH is 1. The molecule has 1 unspecified atom stereocenters. The number of hydrogen-bond acceptors (Lipinski definition) is 2. The summed E-state index contributed by atoms with van der Waals surface area (Å²) in [6.45, 7) is 4.96. The fourth-order valence-corrected chi connectivity index (χ4v) is 2.98. The van der Waals surface area contributed by atoms with Crippen LogP contribution in [0.15, 0.2) is 23.8 Å². The van der Waals surface area contributed by atoms with Gasteiger partial charge in [0.2, 0.25) is 5.04 Å². The van der Waals surface area contributed by atoms with E-state index in [0.29, 0.717) is 0 Å². The molecule has 0 aromatic carbocycles. The number of allylic oxidation sites excluding steroid dienone is 2. The maximum absolute atomic E-state index is 9.47. The maximum atomic E-state index is 9.47. The molecule has 96 valence electrons. The van der Waals surface area contributed by atoms with Gasteiger partial charge in [0.15, 0.2) is 0 Å². The Bertz CT molecular complexity index is 329. The average Bonchev–Trinajstić information content (AvgIpc) is 2.31. The summed E-state index contributed by atoms with van der Waals surface area (Å²) in [5.74, 6) is 1.26. The van der Waals surface area contributed by atoms with E-state index in [-0.39, 0.29) is 6.10 Å². The van der Waals surface area contributed by atoms with Crippen molar-refractivity contribution < 1.29 is 9.68 Å². The van der Waals surface area contributed by atoms with E-state index < -0.39 is 0 Å². The second-order valence-corrected chi connectivity index (χ2v) is 5.59. The molecule has 0 bridgehead atoms. The summed E-state index contributed by atoms with van der Waals surface area (Å²) >= 11 is 1.99. The summed E-state index contributed by atoms with van der Waals surface area (Å²) in [7, 11) is 2.18. The van der Waals surface area contributed by atoms with Gasteiger partial charge in [0.1, 0.15) is 13.6 Å². The van der Waals surface area contributed by atoms with Gasteiger partial charge in [-0.3, -0.25) is 0 Å². The lowest BCUT2D eigenvalue weighted by Gasteiger charge is -2.10. The lowest BCUT2D eigenvalue weighted by Crippen LogP contribution is -2.21. The van der Waals surface area contributed by atoms with Crippen molar-refractivity contribution >= 4 is 16.8 Å². The van der Waals surface area contributed by atoms with Gasteiger partial charge in [-0.1, -0.05) is 30.0 Å². The highest BCUT2D eigenvalue weighted by Crippen LogP contribution is 2.16. The first kappa shape index (κ1) is 14.5. The molecule has 17 heavy (non-hydrogen) atoms. The Balaban J connectivity index is 2.39. The highest BCUT2D eigenvalue weighted by molar-refractivity contribution is 8.13. The Morgan fingerprint density at radius 1 is 1.59 bits per heavy atom. The SMILES string of the molecule is C/C=C(/C=C/CCC1=[N+](C)CCCS1)C(C)O. The number of aliphatic hydroxyl groups is 1. The molecule has 1 atom stereocenters. The van der Waals surface area contributed by atoms with E-state index in [4.69, 9.17) is 0 Å². The Morgan fingerprint density at radius 2 is 2.35 bits per heavy atom. The fourth-order valence-electron chi connectivity index (χ4n) is 1.89. The smallest absolute Gasteiger partial charge is 0.210 e. The Hall–Kier alpha value is -0.540. The lowest BCUT2D eigenvalue weighted by atomic mass is 10.1. The molecule has 0 aliphatic carbocycles. The molecule has 0 aromatic heterocycles. The number of rotatable bonds is 5. The molecule has 1 aliphatic heterocycles. The molecular weight excluding hydrogens is 230 g/mol. The standard InChI is InChI=1S/C14H24NOS/c1-4-13(12(2)16)8-5-6-9-14-15(3)10-7-11-17-14/h4-5,8,12,16H,6-7,9-11H2,1-3H3/q+1/b8-5+,13-4-. The minimum absolute atomic E-state index is 0.365. The van der Waals surface area contributed by atoms with Gasteiger partial charge < -0.3 is 5.11 Å². The predicted octanol–water partition coefficient (Wildman–Crippen LogP) is 2.83. The zero-order valence-electron chi connectivity index (χ0n) is 11.1. The van der Waals surface area contributed by atoms with E-state index >= 15 is 0 Å². The highest BCUT2D eigenvalue weighted by atomic mass is 32.2. The van der Waals surface area contributed by atoms with Gasteiger partial charge in [-0.05, 0) is 25.8 Å². The van der Waals surface area contributed by atoms with Crippen LogP contribution < -0.4 is 0 Å². The maximum Gasteiger partial charge on any atom is 0.210 e. The van der Waals surface area contributed by atoms with E-state index in [1.165, 1.54) is 23.8 Å². The molecule has 0 saturated heterocycles. The first-order valence-electron chi connectivity index (χ1n) is 6.35. The topological polar surface area (TPSA) is 23.2 Å². The summed E-state index contributed by atoms with van der Waals surface area (Å²) in [4.78, 5) is 0. The molecule has 1 aliphatic rings. The average molecular weight is 254 g/mol. The van der Waals surface area contributed by atoms with Crippen LogP contribution in [-0.2, 0) is 0 Å². The molecule has 3 heteroatoms. The molecule has 0 spiro atoms. The normalized spacial score (nSPS) is 20.1. The van der Waals surface area contributed by atoms with Crippen LogP contribution in [0.4, 0.5) is 0 Å². The molecule has 2 nitrogen and oxygen atoms in total. The van der Waals surface area contributed by atoms with E-state index in [1.54, 1.807) is 6.92 Å². The van der Waals surface area contributed by atoms with Crippen molar-refractivity contribution in [3.8, 4) is 0 Å². The second kappa shape index (κ2) is 7.72. The van der Waals surface area contributed by atoms with Crippen molar-refractivity contribution in [3.05, 3.63) is 23.8 Å². The van der Waals surface area contributed by atoms with Gasteiger partial charge in [0.05, 0.1) is 6.10 Å². The largest absolute Gasteiger partial charge is 0.389 e. The molecule has 1 rings (SSSR count). The van der Waals surface area contributed by atoms with Crippen LogP contribution in [0.5, 0.6) is 0 Å². The Kier molecular flexibility index (Phi) is 6.60. The predicted molar refractivity (Wildman–Crippen MR) is 76.9 cm³/mol. The number of thioether (sulfide) groups is 1. The molecular formula is C14H24NOS+. The van der Waals surface area contributed by atoms with Crippen LogP contribution in [0.1, 0.15) is 33.1 Å². The second-order valence-electron chi connectivity index (χ2n) is 4.42. The third kappa shape index (κ3) is 5.09. The first-order valence-corrected chi connectivity index (χ1v) is 7.34. The minimum atomic E-state index is -0.365. The van der Waals surface area contributed by atoms with Crippen LogP contribution >= 0.6 is 11.8 Å². The van der Waals surface area contributed by atoms with E-state index in [0.717, 1.165) is 18.4 Å². The summed E-state index contributed by atoms with van der Waals surface area (Å²) < 4.78 is 2.37. The fraction of sp³-hybridized carbons (Fsp3) is 0.643. The van der Waals surface area contributed by atoms with Crippen LogP contribution in [-0.4, -0.2) is 40.2 Å². The van der Waals surface area contributed by atoms with Crippen molar-refractivity contribution in [1.82, 2.24) is 0 Å². The van der Waals surface area contributed by atoms with Crippen LogP contribution in [0.25, 0.3) is 0 Å². The van der Waals surface area contributed by atoms with Gasteiger partial charge in [-0.2, -0.15) is 0 Å². The van der Waals surface area contributed by atoms with Crippen LogP contribution in [0, 0.1) is 0 Å². The Labute approximate surface area is 109 Å². The van der Waals surface area contributed by atoms with Crippen LogP contribution in [0.3, 0.4) is 0 Å². The monoisotopic (exact) mass is 254 g/mol. The summed E-state index contributed by atoms with van der Waals surface area (Å²) in [5, 5.41) is 11.0. The molecule has 0 fully saturated rings. The third-order valence-electron chi connectivity index (χ3n) is 2.98. The molecule has 0 aromatic rings. The highest BCUT2D eigenvalue weighted by Gasteiger charge is 2.15. The van der Waals surface area contributed by atoms with Gasteiger partial charge >= 0.3 is 0 Å². The van der Waals surface area contributed by atoms with Crippen molar-refractivity contribution in [1.29, 1.82) is 0 Å². The molecule has 0 saturated carbocycles. The Morgan fingerprint density at radius 3 is 2.94 bits per heavy atom.